The molecule has 1 unspecified atom stereocenters. The zero-order chi connectivity index (χ0) is 14.6. The smallest absolute Gasteiger partial charge is 0.137 e. The Bertz CT molecular complexity index is 516. The van der Waals surface area contributed by atoms with Gasteiger partial charge in [-0.3, -0.25) is 0 Å². The summed E-state index contributed by atoms with van der Waals surface area (Å²) in [5.41, 5.74) is 1.18. The van der Waals surface area contributed by atoms with Crippen molar-refractivity contribution in [2.45, 2.75) is 51.1 Å². The van der Waals surface area contributed by atoms with Gasteiger partial charge in [0.1, 0.15) is 5.82 Å². The number of hydrogen-bond donors (Lipinski definition) is 1. The van der Waals surface area contributed by atoms with E-state index in [2.05, 4.69) is 28.2 Å². The Hall–Kier alpha value is -0.410. The standard InChI is InChI=1S/C18H23BrFN/c1-10(13-2-3-17(20)16(19)9-13)21-18-14-5-11-4-12(7-14)8-15(18)6-11/h2-3,9-12,14-15,18,21H,4-8H2,1H3. The minimum absolute atomic E-state index is 0.180. The molecule has 4 aliphatic rings. The van der Waals surface area contributed by atoms with Crippen LogP contribution < -0.4 is 5.32 Å². The quantitative estimate of drug-likeness (QED) is 0.801. The average Bonchev–Trinajstić information content (AvgIpc) is 2.45. The largest absolute Gasteiger partial charge is 0.307 e. The maximum atomic E-state index is 13.4. The molecule has 0 heterocycles. The summed E-state index contributed by atoms with van der Waals surface area (Å²) in [4.78, 5) is 0. The second-order valence-corrected chi connectivity index (χ2v) is 8.37. The second kappa shape index (κ2) is 5.34. The number of rotatable bonds is 3. The maximum absolute atomic E-state index is 13.4. The van der Waals surface area contributed by atoms with Crippen LogP contribution in [0.4, 0.5) is 4.39 Å². The third kappa shape index (κ3) is 2.57. The normalized spacial score (nSPS) is 38.7. The van der Waals surface area contributed by atoms with E-state index in [1.165, 1.54) is 37.7 Å². The molecule has 3 heteroatoms. The Labute approximate surface area is 134 Å². The Balaban J connectivity index is 1.49. The van der Waals surface area contributed by atoms with Gasteiger partial charge < -0.3 is 5.32 Å². The molecule has 0 saturated heterocycles. The van der Waals surface area contributed by atoms with E-state index in [9.17, 15) is 4.39 Å². The lowest BCUT2D eigenvalue weighted by Crippen LogP contribution is -2.54. The Morgan fingerprint density at radius 1 is 1.10 bits per heavy atom. The van der Waals surface area contributed by atoms with Gasteiger partial charge in [-0.15, -0.1) is 0 Å². The number of halogens is 2. The molecule has 0 radical (unpaired) electrons. The average molecular weight is 352 g/mol. The van der Waals surface area contributed by atoms with Gasteiger partial charge in [-0.25, -0.2) is 4.39 Å². The highest BCUT2D eigenvalue weighted by Crippen LogP contribution is 2.54. The first-order chi connectivity index (χ1) is 10.1. The predicted octanol–water partition coefficient (Wildman–Crippen LogP) is 5.06. The van der Waals surface area contributed by atoms with Crippen molar-refractivity contribution in [1.29, 1.82) is 0 Å². The number of benzene rings is 1. The van der Waals surface area contributed by atoms with E-state index in [1.807, 2.05) is 12.1 Å². The third-order valence-corrected chi connectivity index (χ3v) is 6.72. The molecule has 1 atom stereocenters. The van der Waals surface area contributed by atoms with E-state index in [0.29, 0.717) is 16.6 Å². The molecular formula is C18H23BrFN. The molecule has 114 valence electrons. The van der Waals surface area contributed by atoms with Crippen molar-refractivity contribution in [2.24, 2.45) is 23.7 Å². The van der Waals surface area contributed by atoms with Gasteiger partial charge in [-0.05, 0) is 96.3 Å². The second-order valence-electron chi connectivity index (χ2n) is 7.52. The van der Waals surface area contributed by atoms with Crippen LogP contribution in [-0.4, -0.2) is 6.04 Å². The summed E-state index contributed by atoms with van der Waals surface area (Å²) in [6.45, 7) is 2.21. The molecule has 21 heavy (non-hydrogen) atoms. The van der Waals surface area contributed by atoms with Crippen LogP contribution in [0.3, 0.4) is 0 Å². The lowest BCUT2D eigenvalue weighted by Gasteiger charge is -2.55. The van der Waals surface area contributed by atoms with Crippen molar-refractivity contribution in [3.63, 3.8) is 0 Å². The lowest BCUT2D eigenvalue weighted by molar-refractivity contribution is -0.0171. The van der Waals surface area contributed by atoms with Crippen molar-refractivity contribution in [1.82, 2.24) is 5.32 Å². The van der Waals surface area contributed by atoms with Crippen molar-refractivity contribution in [2.75, 3.05) is 0 Å². The highest BCUT2D eigenvalue weighted by Gasteiger charge is 2.48. The SMILES string of the molecule is CC(NC1C2CC3CC(C2)CC1C3)c1ccc(F)c(Br)c1. The van der Waals surface area contributed by atoms with Gasteiger partial charge in [0.2, 0.25) is 0 Å². The molecule has 0 aliphatic heterocycles. The molecule has 4 aliphatic carbocycles. The van der Waals surface area contributed by atoms with E-state index < -0.39 is 0 Å². The minimum Gasteiger partial charge on any atom is -0.307 e. The summed E-state index contributed by atoms with van der Waals surface area (Å²) in [6, 6.07) is 6.37. The van der Waals surface area contributed by atoms with Crippen molar-refractivity contribution in [3.05, 3.63) is 34.1 Å². The minimum atomic E-state index is -0.180. The van der Waals surface area contributed by atoms with Crippen LogP contribution in [-0.2, 0) is 0 Å². The topological polar surface area (TPSA) is 12.0 Å². The van der Waals surface area contributed by atoms with Crippen LogP contribution in [0.15, 0.2) is 22.7 Å². The van der Waals surface area contributed by atoms with Crippen LogP contribution in [0.2, 0.25) is 0 Å². The fourth-order valence-electron chi connectivity index (χ4n) is 5.36. The summed E-state index contributed by atoms with van der Waals surface area (Å²) < 4.78 is 14.0. The van der Waals surface area contributed by atoms with Crippen molar-refractivity contribution < 1.29 is 4.39 Å². The van der Waals surface area contributed by atoms with Gasteiger partial charge >= 0.3 is 0 Å². The first-order valence-electron chi connectivity index (χ1n) is 8.31. The fraction of sp³-hybridized carbons (Fsp3) is 0.667. The lowest BCUT2D eigenvalue weighted by atomic mass is 9.54. The molecule has 4 bridgehead atoms. The molecule has 4 saturated carbocycles. The molecule has 1 aromatic rings. The van der Waals surface area contributed by atoms with Crippen molar-refractivity contribution >= 4 is 15.9 Å². The van der Waals surface area contributed by atoms with E-state index >= 15 is 0 Å². The van der Waals surface area contributed by atoms with E-state index in [0.717, 1.165) is 23.7 Å². The molecule has 4 fully saturated rings. The van der Waals surface area contributed by atoms with Crippen LogP contribution in [0, 0.1) is 29.5 Å². The summed E-state index contributed by atoms with van der Waals surface area (Å²) >= 11 is 3.30. The zero-order valence-corrected chi connectivity index (χ0v) is 14.1. The molecule has 0 spiro atoms. The summed E-state index contributed by atoms with van der Waals surface area (Å²) in [5, 5.41) is 3.88. The van der Waals surface area contributed by atoms with Gasteiger partial charge in [0, 0.05) is 12.1 Å². The van der Waals surface area contributed by atoms with Gasteiger partial charge in [-0.2, -0.15) is 0 Å². The predicted molar refractivity (Wildman–Crippen MR) is 86.5 cm³/mol. The first-order valence-corrected chi connectivity index (χ1v) is 9.10. The maximum Gasteiger partial charge on any atom is 0.137 e. The molecule has 0 amide bonds. The van der Waals surface area contributed by atoms with Gasteiger partial charge in [0.25, 0.3) is 0 Å². The zero-order valence-electron chi connectivity index (χ0n) is 12.5. The first kappa shape index (κ1) is 14.2. The van der Waals surface area contributed by atoms with Gasteiger partial charge in [0.05, 0.1) is 4.47 Å². The summed E-state index contributed by atoms with van der Waals surface area (Å²) in [5.74, 6) is 3.61. The van der Waals surface area contributed by atoms with Gasteiger partial charge in [0.15, 0.2) is 0 Å². The Morgan fingerprint density at radius 2 is 1.71 bits per heavy atom. The fourth-order valence-corrected chi connectivity index (χ4v) is 5.76. The van der Waals surface area contributed by atoms with Crippen LogP contribution in [0.5, 0.6) is 0 Å². The highest BCUT2D eigenvalue weighted by atomic mass is 79.9. The summed E-state index contributed by atoms with van der Waals surface area (Å²) in [7, 11) is 0. The molecule has 1 N–H and O–H groups in total. The number of hydrogen-bond acceptors (Lipinski definition) is 1. The van der Waals surface area contributed by atoms with Gasteiger partial charge in [-0.1, -0.05) is 6.07 Å². The number of nitrogens with one attached hydrogen (secondary N) is 1. The van der Waals surface area contributed by atoms with E-state index in [4.69, 9.17) is 0 Å². The Kier molecular flexibility index (Phi) is 3.61. The molecule has 1 aromatic carbocycles. The van der Waals surface area contributed by atoms with E-state index in [-0.39, 0.29) is 5.82 Å². The molecular weight excluding hydrogens is 329 g/mol. The van der Waals surface area contributed by atoms with Crippen LogP contribution in [0.1, 0.15) is 50.6 Å². The third-order valence-electron chi connectivity index (χ3n) is 6.11. The van der Waals surface area contributed by atoms with Crippen LogP contribution in [0.25, 0.3) is 0 Å². The summed E-state index contributed by atoms with van der Waals surface area (Å²) in [6.07, 6.45) is 7.24. The Morgan fingerprint density at radius 3 is 2.29 bits per heavy atom. The van der Waals surface area contributed by atoms with Crippen LogP contribution >= 0.6 is 15.9 Å². The molecule has 0 aromatic heterocycles. The van der Waals surface area contributed by atoms with E-state index in [1.54, 1.807) is 6.07 Å². The van der Waals surface area contributed by atoms with Crippen molar-refractivity contribution in [3.8, 4) is 0 Å². The molecule has 1 nitrogen and oxygen atoms in total. The highest BCUT2D eigenvalue weighted by molar-refractivity contribution is 9.10. The monoisotopic (exact) mass is 351 g/mol. The molecule has 5 rings (SSSR count).